The van der Waals surface area contributed by atoms with Crippen LogP contribution in [-0.4, -0.2) is 17.2 Å². The highest BCUT2D eigenvalue weighted by atomic mass is 35.5. The summed E-state index contributed by atoms with van der Waals surface area (Å²) >= 11 is 6.88. The Labute approximate surface area is 106 Å². The van der Waals surface area contributed by atoms with Crippen molar-refractivity contribution in [2.45, 2.75) is 6.10 Å². The van der Waals surface area contributed by atoms with E-state index < -0.39 is 11.9 Å². The van der Waals surface area contributed by atoms with Crippen LogP contribution >= 0.6 is 22.9 Å². The fourth-order valence-electron chi connectivity index (χ4n) is 1.45. The van der Waals surface area contributed by atoms with E-state index in [-0.39, 0.29) is 0 Å². The zero-order chi connectivity index (χ0) is 12.4. The number of nitrogens with zero attached hydrogens (tertiary/aromatic N) is 1. The van der Waals surface area contributed by atoms with Crippen molar-refractivity contribution < 1.29 is 14.2 Å². The van der Waals surface area contributed by atoms with Crippen LogP contribution in [-0.2, 0) is 0 Å². The summed E-state index contributed by atoms with van der Waals surface area (Å²) in [6.07, 6.45) is 0.398. The summed E-state index contributed by atoms with van der Waals surface area (Å²) in [5, 5.41) is 10.5. The van der Waals surface area contributed by atoms with Crippen LogP contribution in [0, 0.1) is 5.82 Å². The van der Waals surface area contributed by atoms with Crippen LogP contribution < -0.4 is 4.74 Å². The van der Waals surface area contributed by atoms with Gasteiger partial charge >= 0.3 is 0 Å². The highest BCUT2D eigenvalue weighted by molar-refractivity contribution is 7.15. The first-order valence-electron chi connectivity index (χ1n) is 4.74. The number of benzene rings is 1. The van der Waals surface area contributed by atoms with Crippen LogP contribution in [0.2, 0.25) is 4.34 Å². The number of rotatable bonds is 3. The van der Waals surface area contributed by atoms with Gasteiger partial charge in [0.2, 0.25) is 0 Å². The predicted octanol–water partition coefficient (Wildman–Crippen LogP) is 3.03. The van der Waals surface area contributed by atoms with E-state index >= 15 is 0 Å². The van der Waals surface area contributed by atoms with Gasteiger partial charge in [0.25, 0.3) is 0 Å². The lowest BCUT2D eigenvalue weighted by molar-refractivity contribution is 0.213. The van der Waals surface area contributed by atoms with Crippen molar-refractivity contribution in [1.82, 2.24) is 4.98 Å². The Morgan fingerprint density at radius 1 is 1.53 bits per heavy atom. The van der Waals surface area contributed by atoms with Gasteiger partial charge in [-0.3, -0.25) is 0 Å². The SMILES string of the molecule is COc1ccc(F)cc1C(O)c1ncc(Cl)s1. The molecule has 1 N–H and O–H groups in total. The summed E-state index contributed by atoms with van der Waals surface area (Å²) in [6.45, 7) is 0. The van der Waals surface area contributed by atoms with E-state index in [9.17, 15) is 9.50 Å². The monoisotopic (exact) mass is 273 g/mol. The Hall–Kier alpha value is -1.17. The Bertz CT molecular complexity index is 532. The van der Waals surface area contributed by atoms with E-state index in [1.807, 2.05) is 0 Å². The topological polar surface area (TPSA) is 42.4 Å². The molecule has 90 valence electrons. The molecule has 1 atom stereocenters. The molecule has 0 bridgehead atoms. The van der Waals surface area contributed by atoms with E-state index in [0.29, 0.717) is 20.7 Å². The molecule has 1 aromatic heterocycles. The van der Waals surface area contributed by atoms with Gasteiger partial charge < -0.3 is 9.84 Å². The number of aliphatic hydroxyl groups is 1. The molecule has 1 heterocycles. The molecule has 0 saturated carbocycles. The number of methoxy groups -OCH3 is 1. The highest BCUT2D eigenvalue weighted by Crippen LogP contribution is 2.33. The number of halogens is 2. The summed E-state index contributed by atoms with van der Waals surface area (Å²) in [5.41, 5.74) is 0.332. The van der Waals surface area contributed by atoms with Gasteiger partial charge in [0.05, 0.1) is 13.3 Å². The van der Waals surface area contributed by atoms with Crippen LogP contribution in [0.3, 0.4) is 0 Å². The second-order valence-electron chi connectivity index (χ2n) is 3.29. The molecule has 0 saturated heterocycles. The third-order valence-electron chi connectivity index (χ3n) is 2.22. The average molecular weight is 274 g/mol. The van der Waals surface area contributed by atoms with Gasteiger partial charge in [-0.2, -0.15) is 0 Å². The summed E-state index contributed by atoms with van der Waals surface area (Å²) in [5.74, 6) is -0.0345. The van der Waals surface area contributed by atoms with Gasteiger partial charge in [-0.1, -0.05) is 11.6 Å². The van der Waals surface area contributed by atoms with Crippen LogP contribution in [0.25, 0.3) is 0 Å². The van der Waals surface area contributed by atoms with Gasteiger partial charge in [-0.15, -0.1) is 11.3 Å². The largest absolute Gasteiger partial charge is 0.496 e. The standard InChI is InChI=1S/C11H9ClFNO2S/c1-16-8-3-2-6(13)4-7(8)10(15)11-14-5-9(12)17-11/h2-5,10,15H,1H3. The minimum absolute atomic E-state index is 0.332. The average Bonchev–Trinajstić information content (AvgIpc) is 2.75. The fraction of sp³-hybridized carbons (Fsp3) is 0.182. The third kappa shape index (κ3) is 2.57. The van der Waals surface area contributed by atoms with Crippen molar-refractivity contribution in [3.8, 4) is 5.75 Å². The van der Waals surface area contributed by atoms with Gasteiger partial charge in [0.15, 0.2) is 0 Å². The van der Waals surface area contributed by atoms with E-state index in [1.165, 1.54) is 31.5 Å². The third-order valence-corrected chi connectivity index (χ3v) is 3.38. The molecule has 0 aliphatic carbocycles. The molecule has 3 nitrogen and oxygen atoms in total. The first-order valence-corrected chi connectivity index (χ1v) is 5.94. The second-order valence-corrected chi connectivity index (χ2v) is 4.98. The van der Waals surface area contributed by atoms with Crippen molar-refractivity contribution in [2.75, 3.05) is 7.11 Å². The van der Waals surface area contributed by atoms with E-state index in [4.69, 9.17) is 16.3 Å². The summed E-state index contributed by atoms with van der Waals surface area (Å²) < 4.78 is 18.7. The van der Waals surface area contributed by atoms with Crippen molar-refractivity contribution >= 4 is 22.9 Å². The number of aromatic nitrogens is 1. The number of hydrogen-bond acceptors (Lipinski definition) is 4. The van der Waals surface area contributed by atoms with Crippen LogP contribution in [0.5, 0.6) is 5.75 Å². The maximum Gasteiger partial charge on any atom is 0.134 e. The van der Waals surface area contributed by atoms with Gasteiger partial charge in [0, 0.05) is 5.56 Å². The zero-order valence-electron chi connectivity index (χ0n) is 8.85. The van der Waals surface area contributed by atoms with E-state index in [0.717, 1.165) is 11.3 Å². The molecule has 6 heteroatoms. The Morgan fingerprint density at radius 3 is 2.88 bits per heavy atom. The highest BCUT2D eigenvalue weighted by Gasteiger charge is 2.19. The van der Waals surface area contributed by atoms with Gasteiger partial charge in [-0.25, -0.2) is 9.37 Å². The van der Waals surface area contributed by atoms with Crippen molar-refractivity contribution in [3.05, 3.63) is 45.1 Å². The number of thiazole rings is 1. The number of aliphatic hydroxyl groups excluding tert-OH is 1. The molecule has 0 aliphatic rings. The maximum atomic E-state index is 13.2. The second kappa shape index (κ2) is 5.00. The lowest BCUT2D eigenvalue weighted by Crippen LogP contribution is -2.02. The maximum absolute atomic E-state index is 13.2. The normalized spacial score (nSPS) is 12.5. The minimum atomic E-state index is -1.04. The molecule has 0 aliphatic heterocycles. The molecule has 2 rings (SSSR count). The smallest absolute Gasteiger partial charge is 0.134 e. The summed E-state index contributed by atoms with van der Waals surface area (Å²) in [7, 11) is 1.46. The molecule has 0 amide bonds. The first-order chi connectivity index (χ1) is 8.11. The molecule has 0 fully saturated rings. The summed E-state index contributed by atoms with van der Waals surface area (Å²) in [6, 6.07) is 3.95. The Kier molecular flexibility index (Phi) is 3.61. The molecular formula is C11H9ClFNO2S. The van der Waals surface area contributed by atoms with Crippen molar-refractivity contribution in [2.24, 2.45) is 0 Å². The summed E-state index contributed by atoms with van der Waals surface area (Å²) in [4.78, 5) is 3.96. The lowest BCUT2D eigenvalue weighted by Gasteiger charge is -2.12. The lowest BCUT2D eigenvalue weighted by atomic mass is 10.1. The van der Waals surface area contributed by atoms with Crippen molar-refractivity contribution in [3.63, 3.8) is 0 Å². The first kappa shape index (κ1) is 12.3. The fourth-order valence-corrected chi connectivity index (χ4v) is 2.38. The number of hydrogen-bond donors (Lipinski definition) is 1. The Morgan fingerprint density at radius 2 is 2.29 bits per heavy atom. The Balaban J connectivity index is 2.42. The molecule has 17 heavy (non-hydrogen) atoms. The zero-order valence-corrected chi connectivity index (χ0v) is 10.4. The molecule has 2 aromatic rings. The quantitative estimate of drug-likeness (QED) is 0.935. The van der Waals surface area contributed by atoms with Crippen molar-refractivity contribution in [1.29, 1.82) is 0 Å². The molecular weight excluding hydrogens is 265 g/mol. The molecule has 0 radical (unpaired) electrons. The van der Waals surface area contributed by atoms with Gasteiger partial charge in [-0.05, 0) is 18.2 Å². The number of ether oxygens (including phenoxy) is 1. The van der Waals surface area contributed by atoms with E-state index in [2.05, 4.69) is 4.98 Å². The molecule has 0 spiro atoms. The van der Waals surface area contributed by atoms with E-state index in [1.54, 1.807) is 0 Å². The van der Waals surface area contributed by atoms with Gasteiger partial charge in [0.1, 0.15) is 27.0 Å². The van der Waals surface area contributed by atoms with Crippen LogP contribution in [0.1, 0.15) is 16.7 Å². The molecule has 1 aromatic carbocycles. The van der Waals surface area contributed by atoms with Crippen LogP contribution in [0.4, 0.5) is 4.39 Å². The predicted molar refractivity (Wildman–Crippen MR) is 64.1 cm³/mol. The van der Waals surface area contributed by atoms with Crippen LogP contribution in [0.15, 0.2) is 24.4 Å². The molecule has 1 unspecified atom stereocenters. The minimum Gasteiger partial charge on any atom is -0.496 e.